The normalized spacial score (nSPS) is 15.0. The minimum Gasteiger partial charge on any atom is -0.493 e. The monoisotopic (exact) mass is 457 g/mol. The van der Waals surface area contributed by atoms with Gasteiger partial charge in [0.25, 0.3) is 0 Å². The van der Waals surface area contributed by atoms with Crippen molar-refractivity contribution in [1.29, 1.82) is 0 Å². The van der Waals surface area contributed by atoms with Crippen LogP contribution in [0.15, 0.2) is 42.5 Å². The lowest BCUT2D eigenvalue weighted by atomic mass is 9.79. The van der Waals surface area contributed by atoms with E-state index in [1.54, 1.807) is 63.2 Å². The molecule has 1 atom stereocenters. The predicted molar refractivity (Wildman–Crippen MR) is 121 cm³/mol. The van der Waals surface area contributed by atoms with Crippen LogP contribution in [0, 0.1) is 0 Å². The average Bonchev–Trinajstić information content (AvgIpc) is 3.01. The van der Waals surface area contributed by atoms with Gasteiger partial charge in [-0.1, -0.05) is 12.1 Å². The molecule has 9 nitrogen and oxygen atoms in total. The molecule has 1 heterocycles. The Morgan fingerprint density at radius 3 is 2.58 bits per heavy atom. The number of hydrogen-bond donors (Lipinski definition) is 3. The third-order valence-electron chi connectivity index (χ3n) is 4.62. The van der Waals surface area contributed by atoms with Crippen LogP contribution in [0.1, 0.15) is 45.3 Å². The number of nitrogens with one attached hydrogen (secondary N) is 1. The minimum atomic E-state index is -1.20. The maximum absolute atomic E-state index is 11.6. The molecule has 0 aromatic heterocycles. The maximum atomic E-state index is 11.6. The number of hydrogen-bond acceptors (Lipinski definition) is 7. The second kappa shape index (κ2) is 10.6. The Labute approximate surface area is 192 Å². The number of fused-ring (bicyclic) bond motifs is 1. The average molecular weight is 457 g/mol. The van der Waals surface area contributed by atoms with Crippen molar-refractivity contribution in [2.75, 3.05) is 13.2 Å². The van der Waals surface area contributed by atoms with E-state index in [-0.39, 0.29) is 6.42 Å². The number of rotatable bonds is 9. The molecule has 0 saturated carbocycles. The van der Waals surface area contributed by atoms with E-state index in [0.717, 1.165) is 0 Å². The van der Waals surface area contributed by atoms with E-state index in [9.17, 15) is 14.6 Å². The SMILES string of the molecule is CC(C)(C)OC(=O)NCCCOc1cccc(Oc2ccc3c(c2)B(O)OC3CC(=O)O)c1. The van der Waals surface area contributed by atoms with E-state index in [1.165, 1.54) is 0 Å². The first-order chi connectivity index (χ1) is 15.6. The summed E-state index contributed by atoms with van der Waals surface area (Å²) < 4.78 is 22.1. The fraction of sp³-hybridized carbons (Fsp3) is 0.391. The van der Waals surface area contributed by atoms with Crippen LogP contribution in [0.25, 0.3) is 0 Å². The molecule has 0 saturated heterocycles. The van der Waals surface area contributed by atoms with Gasteiger partial charge in [-0.05, 0) is 62.5 Å². The van der Waals surface area contributed by atoms with E-state index in [2.05, 4.69) is 5.32 Å². The zero-order valence-electron chi connectivity index (χ0n) is 18.9. The number of amides is 1. The summed E-state index contributed by atoms with van der Waals surface area (Å²) in [7, 11) is -1.20. The number of carbonyl (C=O) groups excluding carboxylic acids is 1. The highest BCUT2D eigenvalue weighted by Gasteiger charge is 2.36. The molecule has 1 aliphatic rings. The van der Waals surface area contributed by atoms with Gasteiger partial charge < -0.3 is 34.3 Å². The fourth-order valence-electron chi connectivity index (χ4n) is 3.27. The number of carbonyl (C=O) groups is 2. The van der Waals surface area contributed by atoms with Gasteiger partial charge >= 0.3 is 19.2 Å². The molecule has 0 fully saturated rings. The van der Waals surface area contributed by atoms with Crippen LogP contribution in [0.2, 0.25) is 0 Å². The zero-order valence-corrected chi connectivity index (χ0v) is 18.9. The van der Waals surface area contributed by atoms with Gasteiger partial charge in [0, 0.05) is 12.6 Å². The van der Waals surface area contributed by atoms with Crippen molar-refractivity contribution >= 4 is 24.6 Å². The molecule has 0 spiro atoms. The molecule has 1 amide bonds. The summed E-state index contributed by atoms with van der Waals surface area (Å²) >= 11 is 0. The van der Waals surface area contributed by atoms with Crippen molar-refractivity contribution in [3.8, 4) is 17.2 Å². The van der Waals surface area contributed by atoms with Crippen molar-refractivity contribution in [3.63, 3.8) is 0 Å². The lowest BCUT2D eigenvalue weighted by molar-refractivity contribution is -0.138. The summed E-state index contributed by atoms with van der Waals surface area (Å²) in [4.78, 5) is 22.6. The van der Waals surface area contributed by atoms with Crippen LogP contribution >= 0.6 is 0 Å². The van der Waals surface area contributed by atoms with Crippen molar-refractivity contribution in [2.24, 2.45) is 0 Å². The third kappa shape index (κ3) is 7.40. The number of alkyl carbamates (subject to hydrolysis) is 1. The van der Waals surface area contributed by atoms with Crippen molar-refractivity contribution in [2.45, 2.75) is 45.3 Å². The summed E-state index contributed by atoms with van der Waals surface area (Å²) in [5, 5.41) is 21.8. The lowest BCUT2D eigenvalue weighted by Gasteiger charge is -2.19. The molecule has 1 aliphatic heterocycles. The first-order valence-corrected chi connectivity index (χ1v) is 10.7. The first-order valence-electron chi connectivity index (χ1n) is 10.7. The smallest absolute Gasteiger partial charge is 0.492 e. The van der Waals surface area contributed by atoms with Gasteiger partial charge in [-0.25, -0.2) is 4.79 Å². The number of aliphatic carboxylic acids is 1. The summed E-state index contributed by atoms with van der Waals surface area (Å²) in [6, 6.07) is 12.1. The van der Waals surface area contributed by atoms with Crippen LogP contribution in [0.3, 0.4) is 0 Å². The second-order valence-electron chi connectivity index (χ2n) is 8.57. The quantitative estimate of drug-likeness (QED) is 0.388. The standard InChI is InChI=1S/C23H28BNO8/c1-23(2,3)32-22(28)25-10-5-11-30-15-6-4-7-16(12-15)31-17-8-9-18-19(13-17)24(29)33-20(18)14-21(26)27/h4,6-9,12-13,20,29H,5,10-11,14H2,1-3H3,(H,25,28)(H,26,27). The highest BCUT2D eigenvalue weighted by molar-refractivity contribution is 6.61. The van der Waals surface area contributed by atoms with Crippen LogP contribution in [0.4, 0.5) is 4.79 Å². The topological polar surface area (TPSA) is 124 Å². The molecular formula is C23H28BNO8. The summed E-state index contributed by atoms with van der Waals surface area (Å²) in [6.45, 7) is 6.24. The van der Waals surface area contributed by atoms with Crippen LogP contribution in [-0.4, -0.2) is 48.1 Å². The highest BCUT2D eigenvalue weighted by atomic mass is 16.6. The van der Waals surface area contributed by atoms with Gasteiger partial charge in [-0.3, -0.25) is 4.79 Å². The molecule has 2 aromatic rings. The largest absolute Gasteiger partial charge is 0.493 e. The molecule has 1 unspecified atom stereocenters. The Balaban J connectivity index is 1.51. The zero-order chi connectivity index (χ0) is 24.0. The van der Waals surface area contributed by atoms with Crippen LogP contribution in [-0.2, 0) is 14.2 Å². The van der Waals surface area contributed by atoms with Gasteiger partial charge in [0.1, 0.15) is 22.8 Å². The molecule has 3 rings (SSSR count). The molecule has 33 heavy (non-hydrogen) atoms. The maximum Gasteiger partial charge on any atom is 0.492 e. The Kier molecular flexibility index (Phi) is 7.83. The highest BCUT2D eigenvalue weighted by Crippen LogP contribution is 2.31. The first kappa shape index (κ1) is 24.4. The Morgan fingerprint density at radius 2 is 1.85 bits per heavy atom. The Hall–Kier alpha value is -3.24. The van der Waals surface area contributed by atoms with Gasteiger partial charge in [-0.15, -0.1) is 0 Å². The Bertz CT molecular complexity index is 991. The van der Waals surface area contributed by atoms with Crippen molar-refractivity contribution < 1.29 is 38.6 Å². The fourth-order valence-corrected chi connectivity index (χ4v) is 3.27. The molecule has 0 bridgehead atoms. The molecule has 176 valence electrons. The Morgan fingerprint density at radius 1 is 1.12 bits per heavy atom. The molecular weight excluding hydrogens is 429 g/mol. The van der Waals surface area contributed by atoms with Gasteiger partial charge in [-0.2, -0.15) is 0 Å². The molecule has 3 N–H and O–H groups in total. The molecule has 2 aromatic carbocycles. The summed E-state index contributed by atoms with van der Waals surface area (Å²) in [6.07, 6.45) is -0.776. The molecule has 10 heteroatoms. The van der Waals surface area contributed by atoms with E-state index in [0.29, 0.717) is 47.8 Å². The third-order valence-corrected chi connectivity index (χ3v) is 4.62. The lowest BCUT2D eigenvalue weighted by Crippen LogP contribution is -2.33. The number of carboxylic acid groups (broad SMARTS) is 1. The molecule has 0 radical (unpaired) electrons. The number of benzene rings is 2. The van der Waals surface area contributed by atoms with Gasteiger partial charge in [0.2, 0.25) is 0 Å². The van der Waals surface area contributed by atoms with Crippen LogP contribution < -0.4 is 20.3 Å². The number of carboxylic acids is 1. The van der Waals surface area contributed by atoms with Gasteiger partial charge in [0.15, 0.2) is 0 Å². The molecule has 0 aliphatic carbocycles. The van der Waals surface area contributed by atoms with Gasteiger partial charge in [0.05, 0.1) is 19.1 Å². The predicted octanol–water partition coefficient (Wildman–Crippen LogP) is 3.01. The van der Waals surface area contributed by atoms with E-state index < -0.39 is 30.9 Å². The number of ether oxygens (including phenoxy) is 3. The summed E-state index contributed by atoms with van der Waals surface area (Å²) in [5.41, 5.74) is 0.587. The second-order valence-corrected chi connectivity index (χ2v) is 8.57. The van der Waals surface area contributed by atoms with E-state index >= 15 is 0 Å². The van der Waals surface area contributed by atoms with E-state index in [1.807, 2.05) is 0 Å². The van der Waals surface area contributed by atoms with E-state index in [4.69, 9.17) is 24.0 Å². The van der Waals surface area contributed by atoms with Crippen molar-refractivity contribution in [1.82, 2.24) is 5.32 Å². The summed E-state index contributed by atoms with van der Waals surface area (Å²) in [5.74, 6) is 0.620. The van der Waals surface area contributed by atoms with Crippen molar-refractivity contribution in [3.05, 3.63) is 48.0 Å². The van der Waals surface area contributed by atoms with Crippen LogP contribution in [0.5, 0.6) is 17.2 Å². The minimum absolute atomic E-state index is 0.225.